The Hall–Kier alpha value is -3.48. The molecule has 0 aromatic heterocycles. The van der Waals surface area contributed by atoms with Gasteiger partial charge >= 0.3 is 5.97 Å². The molecule has 0 saturated heterocycles. The van der Waals surface area contributed by atoms with E-state index in [2.05, 4.69) is 10.6 Å². The Morgan fingerprint density at radius 3 is 2.29 bits per heavy atom. The van der Waals surface area contributed by atoms with E-state index in [1.807, 2.05) is 0 Å². The van der Waals surface area contributed by atoms with Crippen molar-refractivity contribution in [1.29, 1.82) is 0 Å². The van der Waals surface area contributed by atoms with Crippen molar-refractivity contribution in [1.82, 2.24) is 5.32 Å². The quantitative estimate of drug-likeness (QED) is 0.540. The molecule has 0 spiro atoms. The Morgan fingerprint density at radius 2 is 1.64 bits per heavy atom. The zero-order valence-electron chi connectivity index (χ0n) is 15.8. The molecule has 0 saturated carbocycles. The van der Waals surface area contributed by atoms with Gasteiger partial charge in [-0.2, -0.15) is 0 Å². The van der Waals surface area contributed by atoms with E-state index < -0.39 is 5.97 Å². The molecule has 2 amide bonds. The van der Waals surface area contributed by atoms with Crippen LogP contribution < -0.4 is 15.4 Å². The highest BCUT2D eigenvalue weighted by molar-refractivity contribution is 6.04. The summed E-state index contributed by atoms with van der Waals surface area (Å²) in [5.41, 5.74) is 1.82. The molecule has 0 radical (unpaired) electrons. The predicted molar refractivity (Wildman–Crippen MR) is 104 cm³/mol. The van der Waals surface area contributed by atoms with Crippen LogP contribution in [0.15, 0.2) is 48.5 Å². The molecule has 0 atom stereocenters. The smallest absolute Gasteiger partial charge is 0.308 e. The maximum atomic E-state index is 12.3. The van der Waals surface area contributed by atoms with Crippen LogP contribution in [0.2, 0.25) is 0 Å². The van der Waals surface area contributed by atoms with Gasteiger partial charge in [-0.3, -0.25) is 14.4 Å². The van der Waals surface area contributed by atoms with Gasteiger partial charge in [-0.15, -0.1) is 0 Å². The molecular weight excluding hydrogens is 360 g/mol. The lowest BCUT2D eigenvalue weighted by atomic mass is 10.1. The fourth-order valence-corrected chi connectivity index (χ4v) is 2.35. The van der Waals surface area contributed by atoms with Crippen LogP contribution in [-0.2, 0) is 20.9 Å². The van der Waals surface area contributed by atoms with Crippen molar-refractivity contribution in [2.75, 3.05) is 5.32 Å². The number of amides is 2. The number of hydrogen-bond acceptors (Lipinski definition) is 5. The van der Waals surface area contributed by atoms with Gasteiger partial charge < -0.3 is 20.2 Å². The van der Waals surface area contributed by atoms with Crippen molar-refractivity contribution in [3.63, 3.8) is 0 Å². The molecule has 2 N–H and O–H groups in total. The van der Waals surface area contributed by atoms with Crippen molar-refractivity contribution < 1.29 is 23.9 Å². The van der Waals surface area contributed by atoms with Crippen molar-refractivity contribution in [3.8, 4) is 5.75 Å². The van der Waals surface area contributed by atoms with Gasteiger partial charge in [0.25, 0.3) is 5.91 Å². The van der Waals surface area contributed by atoms with Crippen molar-refractivity contribution in [3.05, 3.63) is 59.7 Å². The Bertz CT molecular complexity index is 875. The normalized spacial score (nSPS) is 10.1. The first-order valence-electron chi connectivity index (χ1n) is 8.78. The van der Waals surface area contributed by atoms with Crippen LogP contribution in [0.5, 0.6) is 5.75 Å². The van der Waals surface area contributed by atoms with E-state index in [9.17, 15) is 19.2 Å². The van der Waals surface area contributed by atoms with Gasteiger partial charge in [0.05, 0.1) is 0 Å². The zero-order chi connectivity index (χ0) is 20.5. The van der Waals surface area contributed by atoms with Crippen molar-refractivity contribution in [2.24, 2.45) is 0 Å². The summed E-state index contributed by atoms with van der Waals surface area (Å²) in [5.74, 6) is -0.689. The van der Waals surface area contributed by atoms with Gasteiger partial charge in [0.1, 0.15) is 11.5 Å². The third kappa shape index (κ3) is 7.03. The topological polar surface area (TPSA) is 102 Å². The molecule has 2 rings (SSSR count). The van der Waals surface area contributed by atoms with E-state index in [-0.39, 0.29) is 30.4 Å². The molecule has 28 heavy (non-hydrogen) atoms. The lowest BCUT2D eigenvalue weighted by Crippen LogP contribution is -2.23. The fourth-order valence-electron chi connectivity index (χ4n) is 2.35. The van der Waals surface area contributed by atoms with Crippen molar-refractivity contribution in [2.45, 2.75) is 33.2 Å². The molecule has 0 heterocycles. The number of carbonyl (C=O) groups excluding carboxylic acids is 4. The Kier molecular flexibility index (Phi) is 7.45. The Balaban J connectivity index is 1.89. The molecule has 0 aliphatic rings. The molecule has 2 aromatic carbocycles. The maximum absolute atomic E-state index is 12.3. The SMILES string of the molecule is CC(=O)CCC(=O)NCc1ccc(NC(=O)c2cccc(OC(C)=O)c2)cc1. The highest BCUT2D eigenvalue weighted by Gasteiger charge is 2.09. The Morgan fingerprint density at radius 1 is 0.929 bits per heavy atom. The Labute approximate surface area is 163 Å². The van der Waals surface area contributed by atoms with Crippen LogP contribution in [0.4, 0.5) is 5.69 Å². The molecule has 0 unspecified atom stereocenters. The van der Waals surface area contributed by atoms with Gasteiger partial charge in [0, 0.05) is 37.6 Å². The third-order valence-corrected chi connectivity index (χ3v) is 3.76. The first-order valence-corrected chi connectivity index (χ1v) is 8.78. The lowest BCUT2D eigenvalue weighted by molar-refractivity contribution is -0.131. The number of ketones is 1. The number of esters is 1. The molecule has 0 bridgehead atoms. The van der Waals surface area contributed by atoms with Crippen LogP contribution in [-0.4, -0.2) is 23.6 Å². The number of benzene rings is 2. The average molecular weight is 382 g/mol. The van der Waals surface area contributed by atoms with Crippen molar-refractivity contribution >= 4 is 29.3 Å². The number of carbonyl (C=O) groups is 4. The van der Waals surface area contributed by atoms with E-state index >= 15 is 0 Å². The summed E-state index contributed by atoms with van der Waals surface area (Å²) >= 11 is 0. The van der Waals surface area contributed by atoms with E-state index in [1.54, 1.807) is 42.5 Å². The largest absolute Gasteiger partial charge is 0.427 e. The molecule has 7 nitrogen and oxygen atoms in total. The van der Waals surface area contributed by atoms with E-state index in [0.717, 1.165) is 5.56 Å². The van der Waals surface area contributed by atoms with E-state index in [0.29, 0.717) is 23.5 Å². The molecule has 0 fully saturated rings. The molecule has 7 heteroatoms. The standard InChI is InChI=1S/C21H22N2O5/c1-14(24)6-11-20(26)22-13-16-7-9-18(10-8-16)23-21(27)17-4-3-5-19(12-17)28-15(2)25/h3-5,7-10,12H,6,11,13H2,1-2H3,(H,22,26)(H,23,27). The molecule has 0 aliphatic carbocycles. The molecule has 0 aliphatic heterocycles. The summed E-state index contributed by atoms with van der Waals surface area (Å²) in [6.45, 7) is 3.09. The summed E-state index contributed by atoms with van der Waals surface area (Å²) in [6.07, 6.45) is 0.408. The first-order chi connectivity index (χ1) is 13.3. The maximum Gasteiger partial charge on any atom is 0.308 e. The second-order valence-corrected chi connectivity index (χ2v) is 6.25. The van der Waals surface area contributed by atoms with Gasteiger partial charge in [0.15, 0.2) is 0 Å². The van der Waals surface area contributed by atoms with Crippen LogP contribution in [0.25, 0.3) is 0 Å². The average Bonchev–Trinajstić information content (AvgIpc) is 2.65. The van der Waals surface area contributed by atoms with Crippen LogP contribution in [0.1, 0.15) is 42.6 Å². The second kappa shape index (κ2) is 10.0. The van der Waals surface area contributed by atoms with Crippen LogP contribution in [0, 0.1) is 0 Å². The third-order valence-electron chi connectivity index (χ3n) is 3.76. The number of rotatable bonds is 8. The minimum absolute atomic E-state index is 0.0198. The zero-order valence-corrected chi connectivity index (χ0v) is 15.8. The first kappa shape index (κ1) is 20.8. The van der Waals surface area contributed by atoms with Gasteiger partial charge in [-0.05, 0) is 42.8 Å². The minimum atomic E-state index is -0.457. The summed E-state index contributed by atoms with van der Waals surface area (Å²) in [4.78, 5) is 45.9. The lowest BCUT2D eigenvalue weighted by Gasteiger charge is -2.09. The van der Waals surface area contributed by atoms with E-state index in [1.165, 1.54) is 19.9 Å². The summed E-state index contributed by atoms with van der Waals surface area (Å²) < 4.78 is 4.98. The monoisotopic (exact) mass is 382 g/mol. The van der Waals surface area contributed by atoms with E-state index in [4.69, 9.17) is 4.74 Å². The predicted octanol–water partition coefficient (Wildman–Crippen LogP) is 2.85. The summed E-state index contributed by atoms with van der Waals surface area (Å²) in [5, 5.41) is 5.50. The number of ether oxygens (including phenoxy) is 1. The van der Waals surface area contributed by atoms with Gasteiger partial charge in [-0.25, -0.2) is 0 Å². The van der Waals surface area contributed by atoms with Crippen LogP contribution >= 0.6 is 0 Å². The van der Waals surface area contributed by atoms with Crippen LogP contribution in [0.3, 0.4) is 0 Å². The summed E-state index contributed by atoms with van der Waals surface area (Å²) in [7, 11) is 0. The highest BCUT2D eigenvalue weighted by Crippen LogP contribution is 2.16. The minimum Gasteiger partial charge on any atom is -0.427 e. The number of hydrogen-bond donors (Lipinski definition) is 2. The number of nitrogens with one attached hydrogen (secondary N) is 2. The number of anilines is 1. The molecular formula is C21H22N2O5. The number of Topliss-reactive ketones (excluding diaryl/α,β-unsaturated/α-hetero) is 1. The molecule has 2 aromatic rings. The van der Waals surface area contributed by atoms with Gasteiger partial charge in [0.2, 0.25) is 5.91 Å². The molecule has 146 valence electrons. The van der Waals surface area contributed by atoms with Gasteiger partial charge in [-0.1, -0.05) is 18.2 Å². The highest BCUT2D eigenvalue weighted by atomic mass is 16.5. The second-order valence-electron chi connectivity index (χ2n) is 6.25. The fraction of sp³-hybridized carbons (Fsp3) is 0.238. The summed E-state index contributed by atoms with van der Waals surface area (Å²) in [6, 6.07) is 13.4.